The van der Waals surface area contributed by atoms with Gasteiger partial charge in [0.1, 0.15) is 11.6 Å². The van der Waals surface area contributed by atoms with E-state index in [-0.39, 0.29) is 11.5 Å². The van der Waals surface area contributed by atoms with Crippen LogP contribution in [0.1, 0.15) is 35.6 Å². The first-order valence-electron chi connectivity index (χ1n) is 11.1. The van der Waals surface area contributed by atoms with Gasteiger partial charge in [0, 0.05) is 36.1 Å². The van der Waals surface area contributed by atoms with Crippen LogP contribution in [-0.4, -0.2) is 29.7 Å². The third-order valence-corrected chi connectivity index (χ3v) is 8.05. The first kappa shape index (κ1) is 20.3. The van der Waals surface area contributed by atoms with Crippen molar-refractivity contribution >= 4 is 29.0 Å². The average Bonchev–Trinajstić information content (AvgIpc) is 3.39. The third kappa shape index (κ3) is 3.18. The largest absolute Gasteiger partial charge is 0.491 e. The minimum atomic E-state index is 0.0379. The smallest absolute Gasteiger partial charge is 0.147 e. The molecule has 0 bridgehead atoms. The average molecular weight is 467 g/mol. The fourth-order valence-electron chi connectivity index (χ4n) is 5.54. The summed E-state index contributed by atoms with van der Waals surface area (Å²) in [6.45, 7) is 2.51. The van der Waals surface area contributed by atoms with E-state index in [1.165, 1.54) is 11.1 Å². The maximum atomic E-state index is 6.72. The van der Waals surface area contributed by atoms with Crippen molar-refractivity contribution in [2.24, 2.45) is 11.1 Å². The highest BCUT2D eigenvalue weighted by Crippen LogP contribution is 2.51. The summed E-state index contributed by atoms with van der Waals surface area (Å²) in [6.07, 6.45) is 7.63. The van der Waals surface area contributed by atoms with Gasteiger partial charge in [-0.05, 0) is 53.5 Å². The Morgan fingerprint density at radius 2 is 1.84 bits per heavy atom. The number of hydrogen-bond donors (Lipinski definition) is 1. The number of ether oxygens (including phenoxy) is 1. The second-order valence-electron chi connectivity index (χ2n) is 9.12. The molecule has 164 valence electrons. The zero-order chi connectivity index (χ0) is 21.9. The minimum Gasteiger partial charge on any atom is -0.491 e. The van der Waals surface area contributed by atoms with Crippen molar-refractivity contribution in [2.75, 3.05) is 24.6 Å². The summed E-state index contributed by atoms with van der Waals surface area (Å²) >= 11 is 12.8. The van der Waals surface area contributed by atoms with Crippen LogP contribution in [0, 0.1) is 5.41 Å². The zero-order valence-corrected chi connectivity index (χ0v) is 19.2. The van der Waals surface area contributed by atoms with Crippen molar-refractivity contribution in [3.63, 3.8) is 0 Å². The maximum Gasteiger partial charge on any atom is 0.147 e. The van der Waals surface area contributed by atoms with Crippen LogP contribution < -0.4 is 15.4 Å². The fraction of sp³-hybridized carbons (Fsp3) is 0.360. The molecule has 3 aliphatic rings. The predicted molar refractivity (Wildman–Crippen MR) is 128 cm³/mol. The summed E-state index contributed by atoms with van der Waals surface area (Å²) in [4.78, 5) is 11.7. The van der Waals surface area contributed by atoms with Gasteiger partial charge in [0.15, 0.2) is 0 Å². The molecule has 1 atom stereocenters. The monoisotopic (exact) mass is 466 g/mol. The highest BCUT2D eigenvalue weighted by atomic mass is 35.5. The van der Waals surface area contributed by atoms with E-state index in [0.717, 1.165) is 72.2 Å². The van der Waals surface area contributed by atoms with Crippen LogP contribution in [0.4, 0.5) is 5.82 Å². The highest BCUT2D eigenvalue weighted by molar-refractivity contribution is 6.35. The van der Waals surface area contributed by atoms with E-state index in [1.54, 1.807) is 6.20 Å². The van der Waals surface area contributed by atoms with Gasteiger partial charge in [0.25, 0.3) is 0 Å². The molecule has 2 N–H and O–H groups in total. The number of nitrogens with two attached hydrogens (primary N) is 1. The fourth-order valence-corrected chi connectivity index (χ4v) is 6.05. The van der Waals surface area contributed by atoms with E-state index < -0.39 is 0 Å². The van der Waals surface area contributed by atoms with Crippen LogP contribution in [0.5, 0.6) is 5.75 Å². The number of aromatic nitrogens is 2. The van der Waals surface area contributed by atoms with Crippen molar-refractivity contribution in [2.45, 2.75) is 31.7 Å². The van der Waals surface area contributed by atoms with Gasteiger partial charge in [-0.25, -0.2) is 4.98 Å². The van der Waals surface area contributed by atoms with Crippen LogP contribution in [0.2, 0.25) is 10.0 Å². The van der Waals surface area contributed by atoms with Crippen LogP contribution in [0.15, 0.2) is 42.7 Å². The van der Waals surface area contributed by atoms with Gasteiger partial charge in [-0.3, -0.25) is 4.98 Å². The molecule has 2 aliphatic heterocycles. The number of nitrogens with zero attached hydrogens (tertiary/aromatic N) is 3. The van der Waals surface area contributed by atoms with Gasteiger partial charge in [0.05, 0.1) is 29.7 Å². The Kier molecular flexibility index (Phi) is 4.83. The number of piperidine rings is 1. The summed E-state index contributed by atoms with van der Waals surface area (Å²) in [5.74, 6) is 1.68. The van der Waals surface area contributed by atoms with E-state index >= 15 is 0 Å². The SMILES string of the molecule is N[C@@H]1c2cc(Cl)ccc2CC12CCN(c1cnc(-c3ccc4c(c3Cl)OCC4)cn1)CC2. The van der Waals surface area contributed by atoms with Crippen molar-refractivity contribution in [1.29, 1.82) is 0 Å². The van der Waals surface area contributed by atoms with E-state index in [9.17, 15) is 0 Å². The maximum absolute atomic E-state index is 6.72. The second-order valence-corrected chi connectivity index (χ2v) is 9.94. The Hall–Kier alpha value is -2.34. The summed E-state index contributed by atoms with van der Waals surface area (Å²) in [5, 5.41) is 1.39. The Morgan fingerprint density at radius 1 is 1.03 bits per heavy atom. The first-order valence-corrected chi connectivity index (χ1v) is 11.9. The molecule has 7 heteroatoms. The van der Waals surface area contributed by atoms with Gasteiger partial charge >= 0.3 is 0 Å². The molecule has 0 amide bonds. The molecule has 0 radical (unpaired) electrons. The lowest BCUT2D eigenvalue weighted by atomic mass is 9.73. The van der Waals surface area contributed by atoms with Crippen LogP contribution in [0.3, 0.4) is 0 Å². The molecule has 1 aliphatic carbocycles. The van der Waals surface area contributed by atoms with Crippen LogP contribution >= 0.6 is 23.2 Å². The number of hydrogen-bond acceptors (Lipinski definition) is 5. The van der Waals surface area contributed by atoms with Gasteiger partial charge in [-0.2, -0.15) is 0 Å². The van der Waals surface area contributed by atoms with Gasteiger partial charge in [-0.15, -0.1) is 0 Å². The molecule has 32 heavy (non-hydrogen) atoms. The Labute approximate surface area is 197 Å². The van der Waals surface area contributed by atoms with Crippen molar-refractivity contribution < 1.29 is 4.74 Å². The molecule has 3 heterocycles. The number of halogens is 2. The van der Waals surface area contributed by atoms with E-state index in [2.05, 4.69) is 22.0 Å². The molecule has 1 fully saturated rings. The molecule has 1 saturated heterocycles. The summed E-state index contributed by atoms with van der Waals surface area (Å²) < 4.78 is 5.69. The molecule has 5 nitrogen and oxygen atoms in total. The molecule has 0 unspecified atom stereocenters. The zero-order valence-electron chi connectivity index (χ0n) is 17.7. The van der Waals surface area contributed by atoms with Gasteiger partial charge in [0.2, 0.25) is 0 Å². The number of fused-ring (bicyclic) bond motifs is 2. The van der Waals surface area contributed by atoms with Crippen molar-refractivity contribution in [3.05, 3.63) is 69.5 Å². The third-order valence-electron chi connectivity index (χ3n) is 7.44. The molecular formula is C25H24Cl2N4O. The van der Waals surface area contributed by atoms with E-state index in [0.29, 0.717) is 11.6 Å². The number of benzene rings is 2. The molecule has 1 spiro atoms. The predicted octanol–water partition coefficient (Wildman–Crippen LogP) is 5.23. The lowest BCUT2D eigenvalue weighted by Crippen LogP contribution is -2.44. The number of anilines is 1. The standard InChI is InChI=1S/C25H24Cl2N4O/c26-17-3-1-16-12-25(24(28)19(16)11-17)6-8-31(9-7-25)21-14-29-20(13-30-21)18-4-2-15-5-10-32-23(15)22(18)27/h1-4,11,13-14,24H,5-10,12,28H2/t24-/m1/s1. The molecule has 1 aromatic heterocycles. The minimum absolute atomic E-state index is 0.0379. The van der Waals surface area contributed by atoms with E-state index in [4.69, 9.17) is 38.7 Å². The van der Waals surface area contributed by atoms with Crippen molar-refractivity contribution in [3.8, 4) is 17.0 Å². The van der Waals surface area contributed by atoms with Gasteiger partial charge in [-0.1, -0.05) is 41.4 Å². The molecular weight excluding hydrogens is 443 g/mol. The Balaban J connectivity index is 1.18. The lowest BCUT2D eigenvalue weighted by Gasteiger charge is -2.42. The summed E-state index contributed by atoms with van der Waals surface area (Å²) in [6, 6.07) is 10.3. The Morgan fingerprint density at radius 3 is 2.62 bits per heavy atom. The Bertz CT molecular complexity index is 1190. The number of rotatable bonds is 2. The molecule has 3 aromatic rings. The van der Waals surface area contributed by atoms with Gasteiger partial charge < -0.3 is 15.4 Å². The van der Waals surface area contributed by atoms with E-state index in [1.807, 2.05) is 24.4 Å². The summed E-state index contributed by atoms with van der Waals surface area (Å²) in [5.41, 5.74) is 12.2. The van der Waals surface area contributed by atoms with Crippen LogP contribution in [0.25, 0.3) is 11.3 Å². The quantitative estimate of drug-likeness (QED) is 0.560. The second kappa shape index (κ2) is 7.62. The van der Waals surface area contributed by atoms with Crippen molar-refractivity contribution in [1.82, 2.24) is 9.97 Å². The molecule has 2 aromatic carbocycles. The molecule has 6 rings (SSSR count). The highest BCUT2D eigenvalue weighted by Gasteiger charge is 2.46. The first-order chi connectivity index (χ1) is 15.5. The normalized spacial score (nSPS) is 20.8. The topological polar surface area (TPSA) is 64.3 Å². The van der Waals surface area contributed by atoms with Crippen LogP contribution in [-0.2, 0) is 12.8 Å². The summed E-state index contributed by atoms with van der Waals surface area (Å²) in [7, 11) is 0. The lowest BCUT2D eigenvalue weighted by molar-refractivity contribution is 0.187. The molecule has 0 saturated carbocycles.